The van der Waals surface area contributed by atoms with Crippen LogP contribution in [0.15, 0.2) is 18.2 Å². The molecular weight excluding hydrogens is 200 g/mol. The molecule has 3 heteroatoms. The molecule has 1 aromatic rings. The summed E-state index contributed by atoms with van der Waals surface area (Å²) in [6.07, 6.45) is 1.15. The van der Waals surface area contributed by atoms with Crippen LogP contribution in [0.25, 0.3) is 0 Å². The van der Waals surface area contributed by atoms with Gasteiger partial charge in [-0.15, -0.1) is 0 Å². The summed E-state index contributed by atoms with van der Waals surface area (Å²) in [5, 5.41) is 3.43. The predicted molar refractivity (Wildman–Crippen MR) is 69.9 cm³/mol. The first kappa shape index (κ1) is 12.7. The average molecular weight is 222 g/mol. The molecule has 0 amide bonds. The molecule has 90 valence electrons. The summed E-state index contributed by atoms with van der Waals surface area (Å²) >= 11 is 0. The Morgan fingerprint density at radius 2 is 2.06 bits per heavy atom. The summed E-state index contributed by atoms with van der Waals surface area (Å²) in [7, 11) is 1.63. The number of para-hydroxylation sites is 1. The maximum atomic E-state index is 6.00. The van der Waals surface area contributed by atoms with Crippen molar-refractivity contribution in [1.82, 2.24) is 0 Å². The van der Waals surface area contributed by atoms with Gasteiger partial charge in [0.1, 0.15) is 5.75 Å². The molecule has 0 spiro atoms. The van der Waals surface area contributed by atoms with Gasteiger partial charge in [-0.25, -0.2) is 0 Å². The van der Waals surface area contributed by atoms with Crippen molar-refractivity contribution >= 4 is 11.4 Å². The molecule has 0 aliphatic rings. The molecule has 0 aliphatic heterocycles. The largest absolute Gasteiger partial charge is 0.495 e. The Labute approximate surface area is 98.0 Å². The highest BCUT2D eigenvalue weighted by molar-refractivity contribution is 5.73. The molecule has 2 atom stereocenters. The molecular formula is C13H22N2O. The quantitative estimate of drug-likeness (QED) is 0.752. The van der Waals surface area contributed by atoms with E-state index >= 15 is 0 Å². The fourth-order valence-electron chi connectivity index (χ4n) is 1.59. The lowest BCUT2D eigenvalue weighted by Crippen LogP contribution is -2.23. The van der Waals surface area contributed by atoms with Crippen molar-refractivity contribution in [3.05, 3.63) is 18.2 Å². The van der Waals surface area contributed by atoms with E-state index in [0.29, 0.717) is 17.6 Å². The molecule has 1 aromatic carbocycles. The number of rotatable bonds is 5. The van der Waals surface area contributed by atoms with E-state index in [0.717, 1.165) is 17.9 Å². The fraction of sp³-hybridized carbons (Fsp3) is 0.538. The van der Waals surface area contributed by atoms with Gasteiger partial charge in [0.05, 0.1) is 18.5 Å². The third kappa shape index (κ3) is 2.81. The minimum atomic E-state index is 0.402. The third-order valence-corrected chi connectivity index (χ3v) is 3.17. The van der Waals surface area contributed by atoms with Crippen LogP contribution in [-0.2, 0) is 0 Å². The van der Waals surface area contributed by atoms with Crippen molar-refractivity contribution < 1.29 is 4.74 Å². The molecule has 0 radical (unpaired) electrons. The molecule has 1 rings (SSSR count). The highest BCUT2D eigenvalue weighted by Crippen LogP contribution is 2.30. The monoisotopic (exact) mass is 222 g/mol. The summed E-state index contributed by atoms with van der Waals surface area (Å²) in [5.41, 5.74) is 7.63. The van der Waals surface area contributed by atoms with Gasteiger partial charge in [-0.1, -0.05) is 26.3 Å². The first-order chi connectivity index (χ1) is 7.60. The summed E-state index contributed by atoms with van der Waals surface area (Å²) in [4.78, 5) is 0. The van der Waals surface area contributed by atoms with Crippen LogP contribution in [0, 0.1) is 5.92 Å². The van der Waals surface area contributed by atoms with Crippen LogP contribution in [0.1, 0.15) is 27.2 Å². The van der Waals surface area contributed by atoms with Gasteiger partial charge in [0.15, 0.2) is 0 Å². The van der Waals surface area contributed by atoms with E-state index in [1.54, 1.807) is 7.11 Å². The number of nitrogen functional groups attached to an aromatic ring is 1. The molecule has 0 saturated heterocycles. The molecule has 0 fully saturated rings. The summed E-state index contributed by atoms with van der Waals surface area (Å²) in [6.45, 7) is 6.60. The van der Waals surface area contributed by atoms with Crippen molar-refractivity contribution in [3.8, 4) is 5.75 Å². The van der Waals surface area contributed by atoms with E-state index in [9.17, 15) is 0 Å². The standard InChI is InChI=1S/C13H22N2O/c1-5-9(2)10(3)15-11-7-6-8-12(16-4)13(11)14/h6-10,15H,5,14H2,1-4H3. The van der Waals surface area contributed by atoms with Crippen LogP contribution in [0.3, 0.4) is 0 Å². The highest BCUT2D eigenvalue weighted by atomic mass is 16.5. The molecule has 0 bridgehead atoms. The molecule has 2 unspecified atom stereocenters. The second kappa shape index (κ2) is 5.64. The van der Waals surface area contributed by atoms with E-state index in [2.05, 4.69) is 26.1 Å². The Kier molecular flexibility index (Phi) is 4.47. The predicted octanol–water partition coefficient (Wildman–Crippen LogP) is 3.12. The van der Waals surface area contributed by atoms with Gasteiger partial charge in [-0.05, 0) is 25.0 Å². The number of nitrogens with two attached hydrogens (primary N) is 1. The van der Waals surface area contributed by atoms with Gasteiger partial charge in [0.25, 0.3) is 0 Å². The van der Waals surface area contributed by atoms with E-state index < -0.39 is 0 Å². The second-order valence-electron chi connectivity index (χ2n) is 4.24. The number of hydrogen-bond acceptors (Lipinski definition) is 3. The topological polar surface area (TPSA) is 47.3 Å². The average Bonchev–Trinajstić information content (AvgIpc) is 2.30. The molecule has 16 heavy (non-hydrogen) atoms. The minimum absolute atomic E-state index is 0.402. The number of benzene rings is 1. The van der Waals surface area contributed by atoms with Gasteiger partial charge in [0, 0.05) is 6.04 Å². The van der Waals surface area contributed by atoms with E-state index in [4.69, 9.17) is 10.5 Å². The van der Waals surface area contributed by atoms with Gasteiger partial charge in [-0.2, -0.15) is 0 Å². The van der Waals surface area contributed by atoms with Crippen molar-refractivity contribution in [2.24, 2.45) is 5.92 Å². The van der Waals surface area contributed by atoms with Crippen LogP contribution in [0.4, 0.5) is 11.4 Å². The molecule has 0 aromatic heterocycles. The first-order valence-corrected chi connectivity index (χ1v) is 5.79. The van der Waals surface area contributed by atoms with Crippen LogP contribution in [0.2, 0.25) is 0 Å². The Morgan fingerprint density at radius 1 is 1.38 bits per heavy atom. The molecule has 3 N–H and O–H groups in total. The van der Waals surface area contributed by atoms with Crippen molar-refractivity contribution in [1.29, 1.82) is 0 Å². The Hall–Kier alpha value is -1.38. The van der Waals surface area contributed by atoms with Gasteiger partial charge in [0.2, 0.25) is 0 Å². The maximum Gasteiger partial charge on any atom is 0.143 e. The third-order valence-electron chi connectivity index (χ3n) is 3.17. The first-order valence-electron chi connectivity index (χ1n) is 5.79. The Balaban J connectivity index is 2.81. The minimum Gasteiger partial charge on any atom is -0.495 e. The van der Waals surface area contributed by atoms with E-state index in [-0.39, 0.29) is 0 Å². The summed E-state index contributed by atoms with van der Waals surface area (Å²) in [6, 6.07) is 6.20. The number of anilines is 2. The molecule has 0 aliphatic carbocycles. The lowest BCUT2D eigenvalue weighted by Gasteiger charge is -2.22. The Morgan fingerprint density at radius 3 is 2.62 bits per heavy atom. The van der Waals surface area contributed by atoms with E-state index in [1.807, 2.05) is 18.2 Å². The van der Waals surface area contributed by atoms with Gasteiger partial charge in [-0.3, -0.25) is 0 Å². The number of ether oxygens (including phenoxy) is 1. The lowest BCUT2D eigenvalue weighted by molar-refractivity contribution is 0.417. The number of methoxy groups -OCH3 is 1. The molecule has 3 nitrogen and oxygen atoms in total. The second-order valence-corrected chi connectivity index (χ2v) is 4.24. The van der Waals surface area contributed by atoms with Crippen LogP contribution in [-0.4, -0.2) is 13.2 Å². The van der Waals surface area contributed by atoms with Crippen LogP contribution >= 0.6 is 0 Å². The smallest absolute Gasteiger partial charge is 0.143 e. The normalized spacial score (nSPS) is 14.2. The summed E-state index contributed by atoms with van der Waals surface area (Å²) < 4.78 is 5.19. The maximum absolute atomic E-state index is 6.00. The highest BCUT2D eigenvalue weighted by Gasteiger charge is 2.12. The molecule has 0 saturated carbocycles. The van der Waals surface area contributed by atoms with Gasteiger partial charge >= 0.3 is 0 Å². The van der Waals surface area contributed by atoms with E-state index in [1.165, 1.54) is 0 Å². The molecule has 0 heterocycles. The number of nitrogens with one attached hydrogen (secondary N) is 1. The SMILES string of the molecule is CCC(C)C(C)Nc1cccc(OC)c1N. The zero-order valence-electron chi connectivity index (χ0n) is 10.6. The number of hydrogen-bond donors (Lipinski definition) is 2. The zero-order valence-corrected chi connectivity index (χ0v) is 10.6. The van der Waals surface area contributed by atoms with Crippen molar-refractivity contribution in [2.45, 2.75) is 33.2 Å². The summed E-state index contributed by atoms with van der Waals surface area (Å²) in [5.74, 6) is 1.34. The van der Waals surface area contributed by atoms with Crippen molar-refractivity contribution in [2.75, 3.05) is 18.2 Å². The fourth-order valence-corrected chi connectivity index (χ4v) is 1.59. The zero-order chi connectivity index (χ0) is 12.1. The van der Waals surface area contributed by atoms with Crippen molar-refractivity contribution in [3.63, 3.8) is 0 Å². The van der Waals surface area contributed by atoms with Crippen LogP contribution in [0.5, 0.6) is 5.75 Å². The Bertz CT molecular complexity index is 339. The van der Waals surface area contributed by atoms with Crippen LogP contribution < -0.4 is 15.8 Å². The van der Waals surface area contributed by atoms with Gasteiger partial charge < -0.3 is 15.8 Å². The lowest BCUT2D eigenvalue weighted by atomic mass is 10.0.